The van der Waals surface area contributed by atoms with Crippen LogP contribution in [0.5, 0.6) is 5.75 Å². The smallest absolute Gasteiger partial charge is 0.280 e. The second kappa shape index (κ2) is 9.19. The topological polar surface area (TPSA) is 184 Å². The lowest BCUT2D eigenvalue weighted by molar-refractivity contribution is -0.388. The summed E-state index contributed by atoms with van der Waals surface area (Å²) in [7, 11) is -3.94. The minimum absolute atomic E-state index is 0.127. The lowest BCUT2D eigenvalue weighted by Gasteiger charge is -2.34. The van der Waals surface area contributed by atoms with Crippen LogP contribution in [-0.4, -0.2) is 65.6 Å². The van der Waals surface area contributed by atoms with Gasteiger partial charge in [-0.3, -0.25) is 19.7 Å². The molecule has 0 bridgehead atoms. The van der Waals surface area contributed by atoms with Crippen molar-refractivity contribution in [3.8, 4) is 5.75 Å². The van der Waals surface area contributed by atoms with E-state index in [0.29, 0.717) is 19.0 Å². The highest BCUT2D eigenvalue weighted by atomic mass is 32.2. The number of aryl methyl sites for hydroxylation is 1. The van der Waals surface area contributed by atoms with Crippen molar-refractivity contribution < 1.29 is 32.8 Å². The van der Waals surface area contributed by atoms with Gasteiger partial charge in [-0.15, -0.1) is 0 Å². The average Bonchev–Trinajstić information content (AvgIpc) is 3.42. The lowest BCUT2D eigenvalue weighted by atomic mass is 9.82. The summed E-state index contributed by atoms with van der Waals surface area (Å²) >= 11 is 0. The van der Waals surface area contributed by atoms with Crippen molar-refractivity contribution in [1.82, 2.24) is 19.9 Å². The van der Waals surface area contributed by atoms with Gasteiger partial charge >= 0.3 is 0 Å². The number of fused-ring (bicyclic) bond motifs is 5. The van der Waals surface area contributed by atoms with Crippen LogP contribution in [0.25, 0.3) is 0 Å². The number of nitro groups is 1. The van der Waals surface area contributed by atoms with E-state index in [-0.39, 0.29) is 57.7 Å². The Morgan fingerprint density at radius 1 is 1.21 bits per heavy atom. The number of piperazine rings is 1. The van der Waals surface area contributed by atoms with Crippen LogP contribution in [0, 0.1) is 23.0 Å². The van der Waals surface area contributed by atoms with Gasteiger partial charge in [-0.1, -0.05) is 31.2 Å². The molecule has 1 aromatic heterocycles. The highest BCUT2D eigenvalue weighted by molar-refractivity contribution is 7.89. The molecule has 7 rings (SSSR count). The first-order chi connectivity index (χ1) is 20.4. The summed E-state index contributed by atoms with van der Waals surface area (Å²) in [4.78, 5) is 42.2. The van der Waals surface area contributed by atoms with Crippen LogP contribution < -0.4 is 15.4 Å². The number of hydrogen-bond donors (Lipinski definition) is 4. The van der Waals surface area contributed by atoms with Crippen molar-refractivity contribution in [1.29, 1.82) is 0 Å². The zero-order chi connectivity index (χ0) is 30.5. The largest absolute Gasteiger partial charge is 0.454 e. The summed E-state index contributed by atoms with van der Waals surface area (Å²) in [6, 6.07) is 10.3. The number of aliphatic hydroxyl groups is 1. The van der Waals surface area contributed by atoms with Gasteiger partial charge in [0, 0.05) is 43.4 Å². The Labute approximate surface area is 246 Å². The fourth-order valence-electron chi connectivity index (χ4n) is 6.69. The molecule has 4 aliphatic rings. The number of carbonyl (C=O) groups excluding carboxylic acids is 2. The minimum Gasteiger partial charge on any atom is -0.454 e. The van der Waals surface area contributed by atoms with Gasteiger partial charge in [0.25, 0.3) is 27.4 Å². The number of rotatable bonds is 6. The number of H-pyrrole nitrogens is 1. The molecule has 1 amide bonds. The molecule has 2 fully saturated rings. The second-order valence-corrected chi connectivity index (χ2v) is 13.6. The first-order valence-electron chi connectivity index (χ1n) is 14.0. The first kappa shape index (κ1) is 27.7. The van der Waals surface area contributed by atoms with Crippen molar-refractivity contribution >= 4 is 27.4 Å². The van der Waals surface area contributed by atoms with Gasteiger partial charge in [0.05, 0.1) is 4.92 Å². The van der Waals surface area contributed by atoms with Crippen LogP contribution >= 0.6 is 0 Å². The third-order valence-electron chi connectivity index (χ3n) is 9.09. The van der Waals surface area contributed by atoms with Crippen LogP contribution in [0.3, 0.4) is 0 Å². The molecular formula is C29H29N5O8S. The van der Waals surface area contributed by atoms with Crippen molar-refractivity contribution in [2.45, 2.75) is 42.5 Å². The Morgan fingerprint density at radius 2 is 1.93 bits per heavy atom. The number of nitrogens with one attached hydrogen (secondary N) is 3. The summed E-state index contributed by atoms with van der Waals surface area (Å²) < 4.78 is 34.0. The number of aromatic nitrogens is 1. The molecule has 0 radical (unpaired) electrons. The summed E-state index contributed by atoms with van der Waals surface area (Å²) in [5.41, 5.74) is -2.10. The summed E-state index contributed by atoms with van der Waals surface area (Å²) in [6.07, 6.45) is 0.962. The highest BCUT2D eigenvalue weighted by Gasteiger charge is 2.73. The van der Waals surface area contributed by atoms with E-state index in [1.807, 2.05) is 0 Å². The predicted octanol–water partition coefficient (Wildman–Crippen LogP) is 2.01. The second-order valence-electron chi connectivity index (χ2n) is 11.7. The molecule has 1 saturated carbocycles. The molecule has 1 saturated heterocycles. The van der Waals surface area contributed by atoms with E-state index in [1.54, 1.807) is 25.1 Å². The zero-order valence-electron chi connectivity index (χ0n) is 23.3. The summed E-state index contributed by atoms with van der Waals surface area (Å²) in [5.74, 6) is -3.48. The number of hydrogen-bond acceptors (Lipinski definition) is 9. The Bertz CT molecular complexity index is 1850. The van der Waals surface area contributed by atoms with Gasteiger partial charge in [-0.2, -0.15) is 4.31 Å². The number of amides is 1. The molecule has 224 valence electrons. The molecule has 3 heterocycles. The zero-order valence-corrected chi connectivity index (χ0v) is 24.2. The molecule has 2 aromatic carbocycles. The van der Waals surface area contributed by atoms with Crippen LogP contribution in [-0.2, 0) is 21.3 Å². The third kappa shape index (κ3) is 3.76. The normalized spacial score (nSPS) is 27.7. The van der Waals surface area contributed by atoms with Crippen molar-refractivity contribution in [2.24, 2.45) is 5.92 Å². The minimum atomic E-state index is -3.94. The fourth-order valence-corrected chi connectivity index (χ4v) is 8.19. The average molecular weight is 608 g/mol. The van der Waals surface area contributed by atoms with Gasteiger partial charge in [0.2, 0.25) is 11.3 Å². The number of nitro benzene ring substituents is 1. The van der Waals surface area contributed by atoms with Gasteiger partial charge in [0.1, 0.15) is 22.0 Å². The lowest BCUT2D eigenvalue weighted by Crippen LogP contribution is -2.60. The maximum Gasteiger partial charge on any atom is 0.280 e. The van der Waals surface area contributed by atoms with Crippen LogP contribution in [0.15, 0.2) is 47.5 Å². The first-order valence-corrected chi connectivity index (χ1v) is 15.5. The standard InChI is InChI=1S/C29H29N5O8S/c1-15-12-19(15)17-6-7-20-22(14-17)42-29(37)24-18(4-3-5-21(24)34(38)39)26(35)28(20,29)32-27(36)25-16(2)13-23(31-25)43(40,41)33-10-8-30-9-11-33/h3-7,13-15,19,30-31,37H,8-12H2,1-2H3,(H,32,36)/t15-,19-,28?,29?/m0/s1. The Morgan fingerprint density at radius 3 is 2.60 bits per heavy atom. The van der Waals surface area contributed by atoms with Crippen molar-refractivity contribution in [3.63, 3.8) is 0 Å². The van der Waals surface area contributed by atoms with Crippen LogP contribution in [0.2, 0.25) is 0 Å². The maximum absolute atomic E-state index is 14.3. The van der Waals surface area contributed by atoms with E-state index < -0.39 is 43.7 Å². The molecular weight excluding hydrogens is 578 g/mol. The number of ketones is 1. The number of sulfonamides is 1. The van der Waals surface area contributed by atoms with E-state index in [9.17, 15) is 33.2 Å². The molecule has 3 aromatic rings. The van der Waals surface area contributed by atoms with Gasteiger partial charge in [-0.05, 0) is 48.4 Å². The van der Waals surface area contributed by atoms with Crippen molar-refractivity contribution in [3.05, 3.63) is 86.1 Å². The number of ether oxygens (including phenoxy) is 1. The summed E-state index contributed by atoms with van der Waals surface area (Å²) in [5, 5.41) is 29.8. The fraction of sp³-hybridized carbons (Fsp3) is 0.379. The number of Topliss-reactive ketones (excluding diaryl/α,β-unsaturated/α-hetero) is 1. The van der Waals surface area contributed by atoms with Crippen LogP contribution in [0.1, 0.15) is 62.4 Å². The molecule has 4 N–H and O–H groups in total. The van der Waals surface area contributed by atoms with E-state index >= 15 is 0 Å². The number of nitrogens with zero attached hydrogens (tertiary/aromatic N) is 2. The van der Waals surface area contributed by atoms with Gasteiger partial charge < -0.3 is 25.5 Å². The van der Waals surface area contributed by atoms with Crippen molar-refractivity contribution in [2.75, 3.05) is 26.2 Å². The Kier molecular flexibility index (Phi) is 5.92. The quantitative estimate of drug-likeness (QED) is 0.240. The SMILES string of the molecule is Cc1cc(S(=O)(=O)N2CCNCC2)[nH]c1C(=O)NC12C(=O)c3cccc([N+](=O)[O-])c3C1(O)Oc1cc([C@H]3C[C@@H]3C)ccc12. The molecule has 2 aliphatic heterocycles. The number of carbonyl (C=O) groups is 2. The highest BCUT2D eigenvalue weighted by Crippen LogP contribution is 2.61. The van der Waals surface area contributed by atoms with Gasteiger partial charge in [0.15, 0.2) is 0 Å². The number of benzene rings is 2. The molecule has 2 unspecified atom stereocenters. The Hall–Kier alpha value is -4.11. The molecule has 0 spiro atoms. The van der Waals surface area contributed by atoms with E-state index in [0.717, 1.165) is 18.1 Å². The summed E-state index contributed by atoms with van der Waals surface area (Å²) in [6.45, 7) is 5.15. The van der Waals surface area contributed by atoms with E-state index in [2.05, 4.69) is 22.5 Å². The number of aromatic amines is 1. The van der Waals surface area contributed by atoms with Crippen LogP contribution in [0.4, 0.5) is 5.69 Å². The monoisotopic (exact) mass is 607 g/mol. The predicted molar refractivity (Wildman–Crippen MR) is 151 cm³/mol. The molecule has 2 aliphatic carbocycles. The Balaban J connectivity index is 1.34. The molecule has 14 heteroatoms. The van der Waals surface area contributed by atoms with E-state index in [1.165, 1.54) is 22.5 Å². The molecule has 4 atom stereocenters. The molecule has 43 heavy (non-hydrogen) atoms. The van der Waals surface area contributed by atoms with Gasteiger partial charge in [-0.25, -0.2) is 8.42 Å². The van der Waals surface area contributed by atoms with E-state index in [4.69, 9.17) is 4.74 Å². The maximum atomic E-state index is 14.3. The molecule has 13 nitrogen and oxygen atoms in total. The third-order valence-corrected chi connectivity index (χ3v) is 10.9.